The van der Waals surface area contributed by atoms with Crippen molar-refractivity contribution in [3.63, 3.8) is 0 Å². The number of amides is 2. The lowest BCUT2D eigenvalue weighted by Gasteiger charge is -2.30. The first kappa shape index (κ1) is 39.3. The summed E-state index contributed by atoms with van der Waals surface area (Å²) in [5.41, 5.74) is 1.29. The van der Waals surface area contributed by atoms with Gasteiger partial charge in [-0.2, -0.15) is 4.31 Å². The molecular formula is C34H53N5O8S. The number of nitrogens with zero attached hydrogens (tertiary/aromatic N) is 3. The van der Waals surface area contributed by atoms with E-state index in [-0.39, 0.29) is 48.9 Å². The molecular weight excluding hydrogens is 638 g/mol. The van der Waals surface area contributed by atoms with E-state index in [1.165, 1.54) is 28.6 Å². The van der Waals surface area contributed by atoms with Crippen molar-refractivity contribution in [2.24, 2.45) is 5.92 Å². The lowest BCUT2D eigenvalue weighted by atomic mass is 10.0. The van der Waals surface area contributed by atoms with E-state index >= 15 is 0 Å². The number of alkyl carbamates (subject to hydrolysis) is 1. The zero-order chi connectivity index (χ0) is 35.1. The van der Waals surface area contributed by atoms with Crippen LogP contribution in [-0.2, 0) is 35.4 Å². The van der Waals surface area contributed by atoms with Crippen LogP contribution in [0.5, 0.6) is 0 Å². The smallest absolute Gasteiger partial charge is 0.407 e. The number of anilines is 1. The van der Waals surface area contributed by atoms with Crippen molar-refractivity contribution in [3.8, 4) is 0 Å². The molecule has 0 radical (unpaired) electrons. The SMILES string of the molecule is CC(C)CN(CC(O)[C@H](Cc1ccccc1)NC(=O)OC1CCOC1)S(=O)(=O)c1ccc(NC(=O)COCCN(C)CCN(C)C)cc1. The zero-order valence-electron chi connectivity index (χ0n) is 28.8. The van der Waals surface area contributed by atoms with Crippen LogP contribution < -0.4 is 10.6 Å². The monoisotopic (exact) mass is 691 g/mol. The number of hydrogen-bond acceptors (Lipinski definition) is 10. The number of hydrogen-bond donors (Lipinski definition) is 3. The molecule has 2 amide bonds. The maximum absolute atomic E-state index is 13.9. The molecule has 1 aliphatic heterocycles. The summed E-state index contributed by atoms with van der Waals surface area (Å²) in [5, 5.41) is 16.9. The molecule has 0 spiro atoms. The van der Waals surface area contributed by atoms with Gasteiger partial charge in [0, 0.05) is 44.8 Å². The Balaban J connectivity index is 1.63. The molecule has 48 heavy (non-hydrogen) atoms. The number of ether oxygens (including phenoxy) is 3. The molecule has 2 aromatic rings. The molecule has 2 unspecified atom stereocenters. The summed E-state index contributed by atoms with van der Waals surface area (Å²) < 4.78 is 45.2. The standard InChI is InChI=1S/C34H53N5O8S/c1-26(2)22-39(23-32(40)31(21-27-9-7-6-8-10-27)36-34(42)47-29-15-19-45-24-29)48(43,44)30-13-11-28(12-14-30)35-33(41)25-46-20-18-38(5)17-16-37(3)4/h6-14,26,29,31-32,40H,15-25H2,1-5H3,(H,35,41)(H,36,42)/t29?,31-,32?/m0/s1. The fourth-order valence-electron chi connectivity index (χ4n) is 5.03. The second-order valence-corrected chi connectivity index (χ2v) is 14.8. The fraction of sp³-hybridized carbons (Fsp3) is 0.588. The molecule has 1 heterocycles. The van der Waals surface area contributed by atoms with Crippen molar-refractivity contribution in [1.82, 2.24) is 19.4 Å². The van der Waals surface area contributed by atoms with E-state index in [9.17, 15) is 23.1 Å². The van der Waals surface area contributed by atoms with E-state index in [2.05, 4.69) is 20.4 Å². The van der Waals surface area contributed by atoms with Crippen molar-refractivity contribution in [2.45, 2.75) is 49.8 Å². The second kappa shape index (κ2) is 19.8. The largest absolute Gasteiger partial charge is 0.444 e. The zero-order valence-corrected chi connectivity index (χ0v) is 29.7. The first-order valence-corrected chi connectivity index (χ1v) is 17.9. The Morgan fingerprint density at radius 2 is 1.71 bits per heavy atom. The highest BCUT2D eigenvalue weighted by Gasteiger charge is 2.32. The van der Waals surface area contributed by atoms with Gasteiger partial charge in [-0.3, -0.25) is 4.79 Å². The number of aliphatic hydroxyl groups excluding tert-OH is 1. The first-order chi connectivity index (χ1) is 22.8. The van der Waals surface area contributed by atoms with E-state index in [4.69, 9.17) is 14.2 Å². The van der Waals surface area contributed by atoms with Crippen LogP contribution in [0.25, 0.3) is 0 Å². The molecule has 13 nitrogen and oxygen atoms in total. The fourth-order valence-corrected chi connectivity index (χ4v) is 6.65. The number of rotatable bonds is 20. The molecule has 14 heteroatoms. The molecule has 0 bridgehead atoms. The van der Waals surface area contributed by atoms with Gasteiger partial charge in [0.25, 0.3) is 0 Å². The highest BCUT2D eigenvalue weighted by Crippen LogP contribution is 2.21. The molecule has 268 valence electrons. The highest BCUT2D eigenvalue weighted by atomic mass is 32.2. The number of likely N-dealkylation sites (N-methyl/N-ethyl adjacent to an activating group) is 2. The second-order valence-electron chi connectivity index (χ2n) is 12.8. The van der Waals surface area contributed by atoms with Crippen molar-refractivity contribution >= 4 is 27.7 Å². The van der Waals surface area contributed by atoms with E-state index in [1.807, 2.05) is 65.3 Å². The van der Waals surface area contributed by atoms with Crippen LogP contribution in [0.4, 0.5) is 10.5 Å². The van der Waals surface area contributed by atoms with E-state index in [0.717, 1.165) is 18.7 Å². The minimum Gasteiger partial charge on any atom is -0.444 e. The third kappa shape index (κ3) is 13.8. The Kier molecular flexibility index (Phi) is 16.2. The van der Waals surface area contributed by atoms with Gasteiger partial charge < -0.3 is 39.8 Å². The van der Waals surface area contributed by atoms with Crippen LogP contribution in [0.15, 0.2) is 59.5 Å². The maximum Gasteiger partial charge on any atom is 0.407 e. The normalized spacial score (nSPS) is 16.4. The molecule has 0 saturated carbocycles. The summed E-state index contributed by atoms with van der Waals surface area (Å²) in [6.45, 7) is 7.27. The van der Waals surface area contributed by atoms with Gasteiger partial charge in [-0.05, 0) is 63.3 Å². The van der Waals surface area contributed by atoms with E-state index in [1.54, 1.807) is 0 Å². The van der Waals surface area contributed by atoms with Crippen LogP contribution in [-0.4, -0.2) is 138 Å². The lowest BCUT2D eigenvalue weighted by molar-refractivity contribution is -0.120. The van der Waals surface area contributed by atoms with Gasteiger partial charge in [0.1, 0.15) is 12.7 Å². The maximum atomic E-state index is 13.9. The topological polar surface area (TPSA) is 150 Å². The number of aliphatic hydroxyl groups is 1. The molecule has 3 atom stereocenters. The minimum atomic E-state index is -4.06. The number of nitrogens with one attached hydrogen (secondary N) is 2. The van der Waals surface area contributed by atoms with Crippen molar-refractivity contribution in [1.29, 1.82) is 0 Å². The van der Waals surface area contributed by atoms with Gasteiger partial charge in [-0.15, -0.1) is 0 Å². The van der Waals surface area contributed by atoms with Crippen molar-refractivity contribution < 1.29 is 37.3 Å². The molecule has 3 rings (SSSR count). The third-order valence-electron chi connectivity index (χ3n) is 7.74. The van der Waals surface area contributed by atoms with Gasteiger partial charge in [0.05, 0.1) is 36.9 Å². The summed E-state index contributed by atoms with van der Waals surface area (Å²) >= 11 is 0. The van der Waals surface area contributed by atoms with Gasteiger partial charge in [-0.25, -0.2) is 13.2 Å². The summed E-state index contributed by atoms with van der Waals surface area (Å²) in [6.07, 6.45) is -1.47. The van der Waals surface area contributed by atoms with Crippen LogP contribution in [0.2, 0.25) is 0 Å². The van der Waals surface area contributed by atoms with Gasteiger partial charge in [-0.1, -0.05) is 44.2 Å². The number of sulfonamides is 1. The Morgan fingerprint density at radius 3 is 2.33 bits per heavy atom. The number of carbonyl (C=O) groups excluding carboxylic acids is 2. The molecule has 1 saturated heterocycles. The predicted octanol–water partition coefficient (Wildman–Crippen LogP) is 2.27. The summed E-state index contributed by atoms with van der Waals surface area (Å²) in [5.74, 6) is -0.395. The van der Waals surface area contributed by atoms with E-state index in [0.29, 0.717) is 38.5 Å². The third-order valence-corrected chi connectivity index (χ3v) is 9.59. The average Bonchev–Trinajstić information content (AvgIpc) is 3.55. The van der Waals surface area contributed by atoms with E-state index < -0.39 is 28.3 Å². The summed E-state index contributed by atoms with van der Waals surface area (Å²) in [7, 11) is 1.96. The van der Waals surface area contributed by atoms with Crippen LogP contribution >= 0.6 is 0 Å². The lowest BCUT2D eigenvalue weighted by Crippen LogP contribution is -2.51. The van der Waals surface area contributed by atoms with Gasteiger partial charge >= 0.3 is 6.09 Å². The van der Waals surface area contributed by atoms with Crippen LogP contribution in [0.1, 0.15) is 25.8 Å². The molecule has 1 fully saturated rings. The Labute approximate surface area is 285 Å². The minimum absolute atomic E-state index is 0.0126. The first-order valence-electron chi connectivity index (χ1n) is 16.4. The van der Waals surface area contributed by atoms with Gasteiger partial charge in [0.15, 0.2) is 0 Å². The Hall–Kier alpha value is -3.11. The van der Waals surface area contributed by atoms with Crippen molar-refractivity contribution in [2.75, 3.05) is 85.6 Å². The Morgan fingerprint density at radius 1 is 1.00 bits per heavy atom. The number of carbonyl (C=O) groups is 2. The predicted molar refractivity (Wildman–Crippen MR) is 184 cm³/mol. The highest BCUT2D eigenvalue weighted by molar-refractivity contribution is 7.89. The quantitative estimate of drug-likeness (QED) is 0.177. The molecule has 2 aromatic carbocycles. The molecule has 0 aromatic heterocycles. The summed E-state index contributed by atoms with van der Waals surface area (Å²) in [6, 6.07) is 14.4. The molecule has 1 aliphatic rings. The Bertz CT molecular complexity index is 1360. The molecule has 0 aliphatic carbocycles. The molecule has 3 N–H and O–H groups in total. The van der Waals surface area contributed by atoms with Crippen LogP contribution in [0, 0.1) is 5.92 Å². The average molecular weight is 692 g/mol. The van der Waals surface area contributed by atoms with Crippen molar-refractivity contribution in [3.05, 3.63) is 60.2 Å². The van der Waals surface area contributed by atoms with Crippen LogP contribution in [0.3, 0.4) is 0 Å². The van der Waals surface area contributed by atoms with Gasteiger partial charge in [0.2, 0.25) is 15.9 Å². The summed E-state index contributed by atoms with van der Waals surface area (Å²) in [4.78, 5) is 29.4. The number of benzene rings is 2.